The van der Waals surface area contributed by atoms with E-state index in [-0.39, 0.29) is 0 Å². The van der Waals surface area contributed by atoms with Gasteiger partial charge in [0.05, 0.1) is 0 Å². The molecular weight excluding hydrogens is 184 g/mol. The lowest BCUT2D eigenvalue weighted by molar-refractivity contribution is 0.421. The van der Waals surface area contributed by atoms with E-state index in [0.717, 1.165) is 12.2 Å². The van der Waals surface area contributed by atoms with E-state index >= 15 is 0 Å². The molecule has 0 radical (unpaired) electrons. The predicted octanol–water partition coefficient (Wildman–Crippen LogP) is 3.82. The first-order valence-corrected chi connectivity index (χ1v) is 5.35. The fraction of sp³-hybridized carbons (Fsp3) is 0.462. The quantitative estimate of drug-likeness (QED) is 0.731. The molecular formula is C13H20N2. The average molecular weight is 204 g/mol. The Hall–Kier alpha value is -1.31. The van der Waals surface area contributed by atoms with Crippen molar-refractivity contribution in [2.45, 2.75) is 34.1 Å². The van der Waals surface area contributed by atoms with E-state index in [1.54, 1.807) is 0 Å². The van der Waals surface area contributed by atoms with Crippen molar-refractivity contribution in [2.75, 3.05) is 0 Å². The van der Waals surface area contributed by atoms with E-state index in [4.69, 9.17) is 0 Å². The number of hydrogen-bond acceptors (Lipinski definition) is 1. The maximum Gasteiger partial charge on any atom is 0.136 e. The maximum absolute atomic E-state index is 4.25. The summed E-state index contributed by atoms with van der Waals surface area (Å²) in [5.41, 5.74) is 0.345. The highest BCUT2D eigenvalue weighted by Crippen LogP contribution is 2.19. The molecule has 0 atom stereocenters. The summed E-state index contributed by atoms with van der Waals surface area (Å²) in [4.78, 5) is 4.25. The van der Waals surface area contributed by atoms with Gasteiger partial charge in [0.2, 0.25) is 0 Å². The van der Waals surface area contributed by atoms with Crippen molar-refractivity contribution in [1.82, 2.24) is 9.55 Å². The van der Waals surface area contributed by atoms with E-state index in [1.165, 1.54) is 0 Å². The fourth-order valence-corrected chi connectivity index (χ4v) is 1.25. The van der Waals surface area contributed by atoms with Gasteiger partial charge in [-0.05, 0) is 24.8 Å². The van der Waals surface area contributed by atoms with Crippen molar-refractivity contribution in [3.63, 3.8) is 0 Å². The fourth-order valence-electron chi connectivity index (χ4n) is 1.25. The molecule has 0 saturated heterocycles. The number of nitrogens with zero attached hydrogens (tertiary/aromatic N) is 2. The van der Waals surface area contributed by atoms with Gasteiger partial charge >= 0.3 is 0 Å². The Labute approximate surface area is 92.3 Å². The first-order valence-electron chi connectivity index (χ1n) is 5.35. The Kier molecular flexibility index (Phi) is 3.89. The number of imidazole rings is 1. The standard InChI is InChI=1S/C13H20N2/c1-5-7-12-14-9-11-15(12)10-6-8-13(2,3)4/h5-7,9-11H,8H2,1-4H3/b7-5-,10-6-. The van der Waals surface area contributed by atoms with Crippen molar-refractivity contribution in [1.29, 1.82) is 0 Å². The van der Waals surface area contributed by atoms with Crippen LogP contribution in [0.2, 0.25) is 0 Å². The van der Waals surface area contributed by atoms with E-state index < -0.39 is 0 Å². The van der Waals surface area contributed by atoms with Crippen LogP contribution in [0.25, 0.3) is 12.3 Å². The summed E-state index contributed by atoms with van der Waals surface area (Å²) >= 11 is 0. The minimum absolute atomic E-state index is 0.345. The van der Waals surface area contributed by atoms with Crippen LogP contribution in [0.5, 0.6) is 0 Å². The minimum atomic E-state index is 0.345. The van der Waals surface area contributed by atoms with E-state index in [9.17, 15) is 0 Å². The number of rotatable bonds is 3. The molecule has 0 aromatic carbocycles. The summed E-state index contributed by atoms with van der Waals surface area (Å²) in [6.45, 7) is 8.70. The number of hydrogen-bond donors (Lipinski definition) is 0. The molecule has 0 unspecified atom stereocenters. The van der Waals surface area contributed by atoms with Gasteiger partial charge < -0.3 is 4.57 Å². The molecule has 0 aliphatic carbocycles. The van der Waals surface area contributed by atoms with Crippen molar-refractivity contribution in [2.24, 2.45) is 5.41 Å². The summed E-state index contributed by atoms with van der Waals surface area (Å²) < 4.78 is 2.03. The molecule has 15 heavy (non-hydrogen) atoms. The molecule has 0 aliphatic heterocycles. The van der Waals surface area contributed by atoms with Crippen molar-refractivity contribution < 1.29 is 0 Å². The maximum atomic E-state index is 4.25. The van der Waals surface area contributed by atoms with Crippen LogP contribution in [0.1, 0.15) is 39.9 Å². The lowest BCUT2D eigenvalue weighted by Gasteiger charge is -2.14. The van der Waals surface area contributed by atoms with Crippen LogP contribution in [-0.4, -0.2) is 9.55 Å². The highest BCUT2D eigenvalue weighted by Gasteiger charge is 2.06. The molecule has 0 amide bonds. The molecule has 1 heterocycles. The van der Waals surface area contributed by atoms with Crippen LogP contribution in [0, 0.1) is 5.41 Å². The van der Waals surface area contributed by atoms with Crippen molar-refractivity contribution >= 4 is 12.3 Å². The lowest BCUT2D eigenvalue weighted by atomic mass is 9.92. The smallest absolute Gasteiger partial charge is 0.136 e. The van der Waals surface area contributed by atoms with Gasteiger partial charge in [-0.25, -0.2) is 4.98 Å². The molecule has 0 saturated carbocycles. The summed E-state index contributed by atoms with van der Waals surface area (Å²) in [7, 11) is 0. The Balaban J connectivity index is 2.68. The predicted molar refractivity (Wildman–Crippen MR) is 66.3 cm³/mol. The molecule has 0 N–H and O–H groups in total. The van der Waals surface area contributed by atoms with Gasteiger partial charge in [-0.15, -0.1) is 0 Å². The Morgan fingerprint density at radius 3 is 2.73 bits per heavy atom. The molecule has 2 nitrogen and oxygen atoms in total. The van der Waals surface area contributed by atoms with Gasteiger partial charge in [-0.2, -0.15) is 0 Å². The molecule has 1 aromatic heterocycles. The normalized spacial score (nSPS) is 13.1. The minimum Gasteiger partial charge on any atom is -0.307 e. The van der Waals surface area contributed by atoms with Crippen LogP contribution in [-0.2, 0) is 0 Å². The zero-order valence-electron chi connectivity index (χ0n) is 10.1. The van der Waals surface area contributed by atoms with Crippen molar-refractivity contribution in [3.8, 4) is 0 Å². The zero-order valence-corrected chi connectivity index (χ0v) is 10.1. The molecule has 2 heteroatoms. The van der Waals surface area contributed by atoms with Gasteiger partial charge in [0.15, 0.2) is 0 Å². The van der Waals surface area contributed by atoms with Crippen LogP contribution in [0.15, 0.2) is 24.5 Å². The second-order valence-corrected chi connectivity index (χ2v) is 4.84. The zero-order chi connectivity index (χ0) is 11.3. The van der Waals surface area contributed by atoms with Gasteiger partial charge in [0, 0.05) is 18.6 Å². The first kappa shape index (κ1) is 11.8. The first-order chi connectivity index (χ1) is 7.03. The summed E-state index contributed by atoms with van der Waals surface area (Å²) in [5, 5.41) is 0. The molecule has 0 bridgehead atoms. The Morgan fingerprint density at radius 2 is 2.13 bits per heavy atom. The van der Waals surface area contributed by atoms with Gasteiger partial charge in [-0.1, -0.05) is 32.9 Å². The number of allylic oxidation sites excluding steroid dienone is 2. The number of aromatic nitrogens is 2. The van der Waals surface area contributed by atoms with Crippen LogP contribution < -0.4 is 0 Å². The van der Waals surface area contributed by atoms with Crippen LogP contribution in [0.4, 0.5) is 0 Å². The monoisotopic (exact) mass is 204 g/mol. The molecule has 0 spiro atoms. The average Bonchev–Trinajstić information content (AvgIpc) is 2.51. The summed E-state index contributed by atoms with van der Waals surface area (Å²) in [6, 6.07) is 0. The van der Waals surface area contributed by atoms with Gasteiger partial charge in [-0.3, -0.25) is 0 Å². The molecule has 1 aromatic rings. The van der Waals surface area contributed by atoms with Gasteiger partial charge in [0.25, 0.3) is 0 Å². The molecule has 0 aliphatic rings. The molecule has 82 valence electrons. The van der Waals surface area contributed by atoms with Crippen LogP contribution >= 0.6 is 0 Å². The topological polar surface area (TPSA) is 17.8 Å². The summed E-state index contributed by atoms with van der Waals surface area (Å²) in [5.74, 6) is 0.975. The Bertz CT molecular complexity index is 351. The molecule has 0 fully saturated rings. The summed E-state index contributed by atoms with van der Waals surface area (Å²) in [6.07, 6.45) is 13.1. The molecule has 1 rings (SSSR count). The highest BCUT2D eigenvalue weighted by molar-refractivity contribution is 5.44. The SMILES string of the molecule is C/C=C\c1nccn1/C=C\CC(C)(C)C. The van der Waals surface area contributed by atoms with E-state index in [0.29, 0.717) is 5.41 Å². The second-order valence-electron chi connectivity index (χ2n) is 4.84. The van der Waals surface area contributed by atoms with Crippen molar-refractivity contribution in [3.05, 3.63) is 30.4 Å². The third-order valence-electron chi connectivity index (χ3n) is 2.01. The third kappa shape index (κ3) is 4.15. The third-order valence-corrected chi connectivity index (χ3v) is 2.01. The van der Waals surface area contributed by atoms with E-state index in [1.807, 2.05) is 36.0 Å². The second kappa shape index (κ2) is 4.96. The van der Waals surface area contributed by atoms with E-state index in [2.05, 4.69) is 38.0 Å². The van der Waals surface area contributed by atoms with Gasteiger partial charge in [0.1, 0.15) is 5.82 Å². The lowest BCUT2D eigenvalue weighted by Crippen LogP contribution is -2.02. The Morgan fingerprint density at radius 1 is 1.40 bits per heavy atom. The highest BCUT2D eigenvalue weighted by atomic mass is 15.0. The van der Waals surface area contributed by atoms with Crippen LogP contribution in [0.3, 0.4) is 0 Å². The largest absolute Gasteiger partial charge is 0.307 e.